The lowest BCUT2D eigenvalue weighted by atomic mass is 9.94. The van der Waals surface area contributed by atoms with Crippen LogP contribution in [0.4, 0.5) is 4.39 Å². The third-order valence-electron chi connectivity index (χ3n) is 5.41. The Morgan fingerprint density at radius 2 is 2.00 bits per heavy atom. The molecule has 0 aliphatic carbocycles. The highest BCUT2D eigenvalue weighted by atomic mass is 19.1. The highest BCUT2D eigenvalue weighted by Crippen LogP contribution is 2.27. The SMILES string of the molecule is Cc1cccc(-c2nccc([C@@H]3CCCN(C(=O)Cc4ccc(F)cc4)C3)n2)c1. The van der Waals surface area contributed by atoms with E-state index < -0.39 is 0 Å². The van der Waals surface area contributed by atoms with Crippen molar-refractivity contribution in [3.8, 4) is 11.4 Å². The topological polar surface area (TPSA) is 46.1 Å². The second kappa shape index (κ2) is 8.52. The molecule has 0 spiro atoms. The number of nitrogens with zero attached hydrogens (tertiary/aromatic N) is 3. The number of halogens is 1. The van der Waals surface area contributed by atoms with Crippen molar-refractivity contribution in [2.24, 2.45) is 0 Å². The average Bonchev–Trinajstić information content (AvgIpc) is 2.75. The van der Waals surface area contributed by atoms with Crippen molar-refractivity contribution in [1.82, 2.24) is 14.9 Å². The zero-order chi connectivity index (χ0) is 20.2. The van der Waals surface area contributed by atoms with Gasteiger partial charge in [-0.3, -0.25) is 4.79 Å². The number of benzene rings is 2. The summed E-state index contributed by atoms with van der Waals surface area (Å²) >= 11 is 0. The van der Waals surface area contributed by atoms with E-state index in [1.165, 1.54) is 17.7 Å². The van der Waals surface area contributed by atoms with Crippen LogP contribution < -0.4 is 0 Å². The fourth-order valence-corrected chi connectivity index (χ4v) is 3.86. The van der Waals surface area contributed by atoms with Gasteiger partial charge in [0.2, 0.25) is 5.91 Å². The van der Waals surface area contributed by atoms with Crippen LogP contribution in [0.5, 0.6) is 0 Å². The Morgan fingerprint density at radius 3 is 2.79 bits per heavy atom. The molecule has 1 aliphatic heterocycles. The summed E-state index contributed by atoms with van der Waals surface area (Å²) < 4.78 is 13.1. The van der Waals surface area contributed by atoms with Crippen LogP contribution in [0.1, 0.15) is 35.6 Å². The van der Waals surface area contributed by atoms with Crippen LogP contribution in [0.2, 0.25) is 0 Å². The monoisotopic (exact) mass is 389 g/mol. The maximum absolute atomic E-state index is 13.1. The van der Waals surface area contributed by atoms with Gasteiger partial charge >= 0.3 is 0 Å². The number of aromatic nitrogens is 2. The standard InChI is InChI=1S/C24H24FN3O/c1-17-4-2-5-19(14-17)24-26-12-11-22(27-24)20-6-3-13-28(16-20)23(29)15-18-7-9-21(25)10-8-18/h2,4-5,7-12,14,20H,3,6,13,15-16H2,1H3/t20-/m1/s1. The van der Waals surface area contributed by atoms with Crippen molar-refractivity contribution in [1.29, 1.82) is 0 Å². The Bertz CT molecular complexity index is 1000. The molecular weight excluding hydrogens is 365 g/mol. The Hall–Kier alpha value is -3.08. The van der Waals surface area contributed by atoms with E-state index >= 15 is 0 Å². The zero-order valence-electron chi connectivity index (χ0n) is 16.5. The summed E-state index contributed by atoms with van der Waals surface area (Å²) in [5.41, 5.74) is 4.00. The fourth-order valence-electron chi connectivity index (χ4n) is 3.86. The largest absolute Gasteiger partial charge is 0.342 e. The quantitative estimate of drug-likeness (QED) is 0.658. The second-order valence-corrected chi connectivity index (χ2v) is 7.66. The molecule has 1 amide bonds. The number of carbonyl (C=O) groups excluding carboxylic acids is 1. The normalized spacial score (nSPS) is 16.6. The van der Waals surface area contributed by atoms with Crippen LogP contribution in [-0.2, 0) is 11.2 Å². The minimum Gasteiger partial charge on any atom is -0.342 e. The molecule has 0 bridgehead atoms. The van der Waals surface area contributed by atoms with Gasteiger partial charge in [0.25, 0.3) is 0 Å². The molecule has 1 saturated heterocycles. The molecule has 1 fully saturated rings. The average molecular weight is 389 g/mol. The van der Waals surface area contributed by atoms with E-state index in [-0.39, 0.29) is 17.6 Å². The molecule has 4 nitrogen and oxygen atoms in total. The zero-order valence-corrected chi connectivity index (χ0v) is 16.5. The highest BCUT2D eigenvalue weighted by molar-refractivity contribution is 5.79. The summed E-state index contributed by atoms with van der Waals surface area (Å²) in [7, 11) is 0. The van der Waals surface area contributed by atoms with Gasteiger partial charge in [-0.05, 0) is 49.6 Å². The molecule has 4 rings (SSSR count). The molecular formula is C24H24FN3O. The third-order valence-corrected chi connectivity index (χ3v) is 5.41. The number of piperidine rings is 1. The van der Waals surface area contributed by atoms with Gasteiger partial charge in [0.1, 0.15) is 5.82 Å². The maximum atomic E-state index is 13.1. The van der Waals surface area contributed by atoms with Crippen LogP contribution in [0.25, 0.3) is 11.4 Å². The Labute approximate surface area is 170 Å². The lowest BCUT2D eigenvalue weighted by molar-refractivity contribution is -0.131. The minimum absolute atomic E-state index is 0.0780. The molecule has 148 valence electrons. The van der Waals surface area contributed by atoms with Gasteiger partial charge in [-0.2, -0.15) is 0 Å². The number of rotatable bonds is 4. The maximum Gasteiger partial charge on any atom is 0.227 e. The lowest BCUT2D eigenvalue weighted by Crippen LogP contribution is -2.40. The molecule has 0 unspecified atom stereocenters. The number of carbonyl (C=O) groups is 1. The summed E-state index contributed by atoms with van der Waals surface area (Å²) in [6, 6.07) is 16.3. The molecule has 5 heteroatoms. The Kier molecular flexibility index (Phi) is 5.65. The van der Waals surface area contributed by atoms with Crippen molar-refractivity contribution in [3.63, 3.8) is 0 Å². The number of aryl methyl sites for hydroxylation is 1. The van der Waals surface area contributed by atoms with Crippen molar-refractivity contribution in [2.75, 3.05) is 13.1 Å². The Balaban J connectivity index is 1.47. The van der Waals surface area contributed by atoms with E-state index in [0.29, 0.717) is 13.0 Å². The van der Waals surface area contributed by atoms with Gasteiger partial charge < -0.3 is 4.90 Å². The van der Waals surface area contributed by atoms with Gasteiger partial charge in [0.15, 0.2) is 5.82 Å². The first-order valence-electron chi connectivity index (χ1n) is 10.0. The van der Waals surface area contributed by atoms with E-state index in [0.717, 1.165) is 42.0 Å². The first kappa shape index (κ1) is 19.2. The van der Waals surface area contributed by atoms with E-state index in [9.17, 15) is 9.18 Å². The van der Waals surface area contributed by atoms with E-state index in [4.69, 9.17) is 4.98 Å². The van der Waals surface area contributed by atoms with Gasteiger partial charge in [0, 0.05) is 36.5 Å². The van der Waals surface area contributed by atoms with Crippen LogP contribution in [0.3, 0.4) is 0 Å². The number of amides is 1. The van der Waals surface area contributed by atoms with Gasteiger partial charge in [-0.15, -0.1) is 0 Å². The van der Waals surface area contributed by atoms with Crippen LogP contribution in [0, 0.1) is 12.7 Å². The predicted octanol–water partition coefficient (Wildman–Crippen LogP) is 4.54. The molecule has 1 aromatic heterocycles. The Morgan fingerprint density at radius 1 is 1.17 bits per heavy atom. The van der Waals surface area contributed by atoms with Gasteiger partial charge in [0.05, 0.1) is 6.42 Å². The summed E-state index contributed by atoms with van der Waals surface area (Å²) in [4.78, 5) is 23.9. The van der Waals surface area contributed by atoms with Gasteiger partial charge in [-0.1, -0.05) is 35.9 Å². The van der Waals surface area contributed by atoms with Gasteiger partial charge in [-0.25, -0.2) is 14.4 Å². The molecule has 1 atom stereocenters. The molecule has 2 heterocycles. The van der Waals surface area contributed by atoms with Crippen LogP contribution in [0.15, 0.2) is 60.8 Å². The summed E-state index contributed by atoms with van der Waals surface area (Å²) in [5, 5.41) is 0. The number of hydrogen-bond acceptors (Lipinski definition) is 3. The first-order valence-corrected chi connectivity index (χ1v) is 10.0. The van der Waals surface area contributed by atoms with E-state index in [2.05, 4.69) is 24.0 Å². The molecule has 1 aliphatic rings. The number of hydrogen-bond donors (Lipinski definition) is 0. The highest BCUT2D eigenvalue weighted by Gasteiger charge is 2.26. The predicted molar refractivity (Wildman–Crippen MR) is 111 cm³/mol. The fraction of sp³-hybridized carbons (Fsp3) is 0.292. The minimum atomic E-state index is -0.285. The van der Waals surface area contributed by atoms with Crippen LogP contribution in [-0.4, -0.2) is 33.9 Å². The summed E-state index contributed by atoms with van der Waals surface area (Å²) in [5.74, 6) is 0.718. The first-order chi connectivity index (χ1) is 14.1. The molecule has 0 radical (unpaired) electrons. The molecule has 29 heavy (non-hydrogen) atoms. The van der Waals surface area contributed by atoms with Crippen molar-refractivity contribution in [3.05, 3.63) is 83.4 Å². The summed E-state index contributed by atoms with van der Waals surface area (Å²) in [6.45, 7) is 3.47. The molecule has 2 aromatic carbocycles. The van der Waals surface area contributed by atoms with E-state index in [1.54, 1.807) is 18.3 Å². The second-order valence-electron chi connectivity index (χ2n) is 7.66. The molecule has 0 saturated carbocycles. The summed E-state index contributed by atoms with van der Waals surface area (Å²) in [6.07, 6.45) is 4.05. The number of likely N-dealkylation sites (tertiary alicyclic amines) is 1. The van der Waals surface area contributed by atoms with Crippen molar-refractivity contribution < 1.29 is 9.18 Å². The van der Waals surface area contributed by atoms with Crippen LogP contribution >= 0.6 is 0 Å². The smallest absolute Gasteiger partial charge is 0.227 e. The van der Waals surface area contributed by atoms with E-state index in [1.807, 2.05) is 23.1 Å². The lowest BCUT2D eigenvalue weighted by Gasteiger charge is -2.32. The van der Waals surface area contributed by atoms with Crippen molar-refractivity contribution >= 4 is 5.91 Å². The molecule has 0 N–H and O–H groups in total. The molecule has 3 aromatic rings. The third kappa shape index (κ3) is 4.67. The van der Waals surface area contributed by atoms with Crippen molar-refractivity contribution in [2.45, 2.75) is 32.1 Å².